The van der Waals surface area contributed by atoms with Crippen molar-refractivity contribution in [3.63, 3.8) is 0 Å². The Labute approximate surface area is 45.5 Å². The van der Waals surface area contributed by atoms with Gasteiger partial charge in [-0.05, 0) is 0 Å². The van der Waals surface area contributed by atoms with Crippen molar-refractivity contribution in [2.45, 2.75) is 0 Å². The van der Waals surface area contributed by atoms with Gasteiger partial charge in [-0.2, -0.15) is 19.2 Å². The molecular weight excluding hydrogens is 112 g/mol. The maximum atomic E-state index is 8.12. The molecule has 0 aliphatic carbocycles. The van der Waals surface area contributed by atoms with Crippen LogP contribution in [0.15, 0.2) is 0 Å². The summed E-state index contributed by atoms with van der Waals surface area (Å²) in [5, 5.41) is 0. The Morgan fingerprint density at radius 2 is 0.750 bits per heavy atom. The van der Waals surface area contributed by atoms with E-state index in [0.717, 1.165) is 0 Å². The largest absolute Gasteiger partial charge is 0.373 e. The molecule has 0 unspecified atom stereocenters. The minimum absolute atomic E-state index is 0.250. The average Bonchev–Trinajstić information content (AvgIpc) is 1.75. The third kappa shape index (κ3) is 16.9. The fraction of sp³-hybridized carbons (Fsp3) is 0. The van der Waals surface area contributed by atoms with Gasteiger partial charge in [0.05, 0.1) is 0 Å². The van der Waals surface area contributed by atoms with Gasteiger partial charge in [0, 0.05) is 0 Å². The van der Waals surface area contributed by atoms with E-state index in [0.29, 0.717) is 0 Å². The molecular formula is C4H2O4. The minimum Gasteiger partial charge on any atom is -0.186 e. The van der Waals surface area contributed by atoms with E-state index in [1.165, 1.54) is 0 Å². The molecule has 0 amide bonds. The van der Waals surface area contributed by atoms with E-state index >= 15 is 0 Å². The van der Waals surface area contributed by atoms with Crippen molar-refractivity contribution in [3.8, 4) is 12.8 Å². The number of carbonyl (C=O) groups excluding carboxylic acids is 4. The topological polar surface area (TPSA) is 68.3 Å². The van der Waals surface area contributed by atoms with Crippen LogP contribution in [0.3, 0.4) is 0 Å². The zero-order chi connectivity index (χ0) is 7.41. The van der Waals surface area contributed by atoms with Gasteiger partial charge in [-0.25, -0.2) is 0 Å². The summed E-state index contributed by atoms with van der Waals surface area (Å²) in [7, 11) is 0. The standard InChI is InChI=1S/C2H2.2CO2/c1-2;2*2-1-3/h1-2H;;. The molecule has 0 aromatic heterocycles. The van der Waals surface area contributed by atoms with Crippen LogP contribution >= 0.6 is 0 Å². The Bertz CT molecular complexity index is 88.5. The molecule has 0 rings (SSSR count). The van der Waals surface area contributed by atoms with E-state index in [9.17, 15) is 0 Å². The van der Waals surface area contributed by atoms with Crippen molar-refractivity contribution in [1.82, 2.24) is 0 Å². The lowest BCUT2D eigenvalue weighted by atomic mass is 11.4. The summed E-state index contributed by atoms with van der Waals surface area (Å²) in [6.45, 7) is 0. The molecule has 0 N–H and O–H groups in total. The highest BCUT2D eigenvalue weighted by Gasteiger charge is 1.13. The van der Waals surface area contributed by atoms with Gasteiger partial charge in [0.2, 0.25) is 0 Å². The summed E-state index contributed by atoms with van der Waals surface area (Å²) in [5.41, 5.74) is 0. The van der Waals surface area contributed by atoms with Gasteiger partial charge in [-0.1, -0.05) is 0 Å². The summed E-state index contributed by atoms with van der Waals surface area (Å²) < 4.78 is 0. The van der Waals surface area contributed by atoms with Crippen molar-refractivity contribution < 1.29 is 19.2 Å². The summed E-state index contributed by atoms with van der Waals surface area (Å²) in [6, 6.07) is 0. The lowest BCUT2D eigenvalue weighted by Gasteiger charge is -0.945. The molecule has 0 aromatic rings. The van der Waals surface area contributed by atoms with Crippen molar-refractivity contribution >= 4 is 12.3 Å². The lowest BCUT2D eigenvalue weighted by molar-refractivity contribution is -0.193. The van der Waals surface area contributed by atoms with Gasteiger partial charge in [0.1, 0.15) is 0 Å². The monoisotopic (exact) mass is 114 g/mol. The molecule has 0 saturated carbocycles. The van der Waals surface area contributed by atoms with Gasteiger partial charge in [-0.3, -0.25) is 0 Å². The minimum atomic E-state index is 0.250. The molecule has 0 saturated heterocycles. The SMILES string of the molecule is C#C.O=C=O.O=C=O. The van der Waals surface area contributed by atoms with E-state index in [1.807, 2.05) is 0 Å². The third-order valence-corrected chi connectivity index (χ3v) is 0. The van der Waals surface area contributed by atoms with Crippen molar-refractivity contribution in [1.29, 1.82) is 0 Å². The second kappa shape index (κ2) is 970. The van der Waals surface area contributed by atoms with Crippen molar-refractivity contribution in [3.05, 3.63) is 0 Å². The number of hydrogen-bond acceptors (Lipinski definition) is 4. The van der Waals surface area contributed by atoms with Gasteiger partial charge in [-0.15, -0.1) is 12.8 Å². The maximum Gasteiger partial charge on any atom is 0.373 e. The smallest absolute Gasteiger partial charge is 0.186 e. The number of terminal acetylenes is 1. The molecule has 8 heavy (non-hydrogen) atoms. The fourth-order valence-corrected chi connectivity index (χ4v) is 0. The third-order valence-electron chi connectivity index (χ3n) is 0. The lowest BCUT2D eigenvalue weighted by Crippen LogP contribution is -1.22. The molecule has 0 aromatic carbocycles. The molecule has 0 radical (unpaired) electrons. The Hall–Kier alpha value is -1.68. The molecule has 4 nitrogen and oxygen atoms in total. The number of hydrogen-bond donors (Lipinski definition) is 0. The van der Waals surface area contributed by atoms with E-state index in [2.05, 4.69) is 12.8 Å². The molecule has 0 heterocycles. The number of rotatable bonds is 0. The molecule has 0 aliphatic rings. The highest BCUT2D eigenvalue weighted by Crippen LogP contribution is 0.790. The first kappa shape index (κ1) is 16.2. The van der Waals surface area contributed by atoms with Crippen LogP contribution < -0.4 is 0 Å². The predicted molar refractivity (Wildman–Crippen MR) is 19.9 cm³/mol. The van der Waals surface area contributed by atoms with Crippen LogP contribution in [-0.2, 0) is 19.2 Å². The first-order chi connectivity index (χ1) is 3.83. The quantitative estimate of drug-likeness (QED) is 0.382. The Morgan fingerprint density at radius 3 is 0.750 bits per heavy atom. The Kier molecular flexibility index (Phi) is 1970. The zero-order valence-corrected chi connectivity index (χ0v) is 3.79. The molecule has 0 atom stereocenters. The maximum absolute atomic E-state index is 8.12. The van der Waals surface area contributed by atoms with E-state index in [-0.39, 0.29) is 12.3 Å². The summed E-state index contributed by atoms with van der Waals surface area (Å²) >= 11 is 0. The van der Waals surface area contributed by atoms with E-state index in [4.69, 9.17) is 19.2 Å². The highest BCUT2D eigenvalue weighted by molar-refractivity contribution is 5.20. The van der Waals surface area contributed by atoms with Crippen LogP contribution in [-0.4, -0.2) is 12.3 Å². The molecule has 0 bridgehead atoms. The van der Waals surface area contributed by atoms with Crippen LogP contribution in [0.1, 0.15) is 0 Å². The highest BCUT2D eigenvalue weighted by atomic mass is 16.2. The summed E-state index contributed by atoms with van der Waals surface area (Å²) in [4.78, 5) is 32.5. The molecule has 4 heteroatoms. The second-order valence-electron chi connectivity index (χ2n) is 0.167. The molecule has 0 fully saturated rings. The fourth-order valence-electron chi connectivity index (χ4n) is 0. The van der Waals surface area contributed by atoms with E-state index < -0.39 is 0 Å². The summed E-state index contributed by atoms with van der Waals surface area (Å²) in [5.74, 6) is 0. The molecule has 42 valence electrons. The van der Waals surface area contributed by atoms with Gasteiger partial charge < -0.3 is 0 Å². The predicted octanol–water partition coefficient (Wildman–Crippen LogP) is -0.918. The van der Waals surface area contributed by atoms with E-state index in [1.54, 1.807) is 0 Å². The van der Waals surface area contributed by atoms with Gasteiger partial charge >= 0.3 is 12.3 Å². The van der Waals surface area contributed by atoms with Crippen LogP contribution in [0.5, 0.6) is 0 Å². The molecule has 0 aliphatic heterocycles. The van der Waals surface area contributed by atoms with Crippen molar-refractivity contribution in [2.24, 2.45) is 0 Å². The zero-order valence-electron chi connectivity index (χ0n) is 3.79. The second-order valence-corrected chi connectivity index (χ2v) is 0.167. The van der Waals surface area contributed by atoms with Crippen molar-refractivity contribution in [2.75, 3.05) is 0 Å². The van der Waals surface area contributed by atoms with Gasteiger partial charge in [0.15, 0.2) is 0 Å². The van der Waals surface area contributed by atoms with Gasteiger partial charge in [0.25, 0.3) is 0 Å². The first-order valence-corrected chi connectivity index (χ1v) is 1.15. The molecule has 0 spiro atoms. The Balaban J connectivity index is -0.0000000483. The summed E-state index contributed by atoms with van der Waals surface area (Å²) in [6.07, 6.45) is 8.50. The normalized spacial score (nSPS) is 2.25. The first-order valence-electron chi connectivity index (χ1n) is 1.15. The van der Waals surface area contributed by atoms with Crippen LogP contribution in [0.2, 0.25) is 0 Å². The van der Waals surface area contributed by atoms with Crippen LogP contribution in [0.25, 0.3) is 0 Å². The van der Waals surface area contributed by atoms with Crippen LogP contribution in [0.4, 0.5) is 0 Å². The average molecular weight is 114 g/mol. The van der Waals surface area contributed by atoms with Crippen LogP contribution in [0, 0.1) is 12.8 Å². The Morgan fingerprint density at radius 1 is 0.750 bits per heavy atom.